The van der Waals surface area contributed by atoms with E-state index in [-0.39, 0.29) is 6.04 Å². The van der Waals surface area contributed by atoms with Crippen molar-refractivity contribution in [1.82, 2.24) is 9.97 Å². The van der Waals surface area contributed by atoms with Crippen molar-refractivity contribution in [2.24, 2.45) is 0 Å². The molecule has 100 valence electrons. The van der Waals surface area contributed by atoms with Crippen LogP contribution in [0, 0.1) is 0 Å². The summed E-state index contributed by atoms with van der Waals surface area (Å²) < 4.78 is 0. The highest BCUT2D eigenvalue weighted by Gasteiger charge is 2.10. The molecule has 0 aliphatic carbocycles. The first-order valence-electron chi connectivity index (χ1n) is 5.67. The molecular formula is C13H13Cl2N3S. The van der Waals surface area contributed by atoms with Gasteiger partial charge in [0.2, 0.25) is 0 Å². The summed E-state index contributed by atoms with van der Waals surface area (Å²) in [4.78, 5) is 8.33. The average molecular weight is 314 g/mol. The van der Waals surface area contributed by atoms with Crippen LogP contribution in [-0.4, -0.2) is 16.2 Å². The quantitative estimate of drug-likeness (QED) is 0.657. The highest BCUT2D eigenvalue weighted by atomic mass is 35.5. The van der Waals surface area contributed by atoms with Crippen molar-refractivity contribution in [2.45, 2.75) is 18.0 Å². The van der Waals surface area contributed by atoms with Crippen LogP contribution in [0.1, 0.15) is 18.5 Å². The molecule has 1 aromatic heterocycles. The predicted molar refractivity (Wildman–Crippen MR) is 82.3 cm³/mol. The summed E-state index contributed by atoms with van der Waals surface area (Å²) in [5.41, 5.74) is 0.982. The lowest BCUT2D eigenvalue weighted by atomic mass is 10.1. The fourth-order valence-electron chi connectivity index (χ4n) is 1.68. The van der Waals surface area contributed by atoms with Crippen LogP contribution in [0.2, 0.25) is 10.0 Å². The van der Waals surface area contributed by atoms with E-state index < -0.39 is 0 Å². The Morgan fingerprint density at radius 2 is 2.00 bits per heavy atom. The molecule has 1 atom stereocenters. The van der Waals surface area contributed by atoms with Crippen LogP contribution >= 0.6 is 35.0 Å². The number of anilines is 1. The van der Waals surface area contributed by atoms with E-state index in [4.69, 9.17) is 23.2 Å². The second kappa shape index (κ2) is 6.46. The van der Waals surface area contributed by atoms with Crippen molar-refractivity contribution in [3.05, 3.63) is 46.2 Å². The lowest BCUT2D eigenvalue weighted by Crippen LogP contribution is -2.08. The van der Waals surface area contributed by atoms with Crippen LogP contribution in [-0.2, 0) is 0 Å². The van der Waals surface area contributed by atoms with Gasteiger partial charge in [-0.05, 0) is 30.9 Å². The van der Waals surface area contributed by atoms with Gasteiger partial charge in [-0.15, -0.1) is 11.8 Å². The number of hydrogen-bond donors (Lipinski definition) is 1. The van der Waals surface area contributed by atoms with Gasteiger partial charge in [-0.1, -0.05) is 29.3 Å². The van der Waals surface area contributed by atoms with E-state index in [1.165, 1.54) is 0 Å². The largest absolute Gasteiger partial charge is 0.363 e. The zero-order valence-electron chi connectivity index (χ0n) is 10.5. The van der Waals surface area contributed by atoms with Gasteiger partial charge < -0.3 is 5.32 Å². The van der Waals surface area contributed by atoms with E-state index >= 15 is 0 Å². The number of rotatable bonds is 4. The average Bonchev–Trinajstić information content (AvgIpc) is 2.38. The first-order valence-corrected chi connectivity index (χ1v) is 7.65. The van der Waals surface area contributed by atoms with Gasteiger partial charge in [0.25, 0.3) is 0 Å². The second-order valence-corrected chi connectivity index (χ2v) is 5.65. The molecule has 6 heteroatoms. The zero-order valence-corrected chi connectivity index (χ0v) is 12.9. The van der Waals surface area contributed by atoms with Crippen molar-refractivity contribution in [1.29, 1.82) is 0 Å². The molecule has 1 aromatic carbocycles. The minimum atomic E-state index is 0.0365. The van der Waals surface area contributed by atoms with E-state index in [9.17, 15) is 0 Å². The number of aromatic nitrogens is 2. The molecule has 0 fully saturated rings. The third-order valence-corrected chi connectivity index (χ3v) is 3.85. The van der Waals surface area contributed by atoms with Crippen LogP contribution in [0.25, 0.3) is 0 Å². The van der Waals surface area contributed by atoms with Crippen LogP contribution in [0.5, 0.6) is 0 Å². The van der Waals surface area contributed by atoms with E-state index in [1.54, 1.807) is 24.2 Å². The molecule has 2 aromatic rings. The fourth-order valence-corrected chi connectivity index (χ4v) is 2.64. The Morgan fingerprint density at radius 1 is 1.21 bits per heavy atom. The second-order valence-electron chi connectivity index (χ2n) is 3.98. The highest BCUT2D eigenvalue weighted by molar-refractivity contribution is 7.98. The van der Waals surface area contributed by atoms with Gasteiger partial charge in [0.05, 0.1) is 6.04 Å². The van der Waals surface area contributed by atoms with Crippen molar-refractivity contribution >= 4 is 40.8 Å². The molecule has 1 heterocycles. The topological polar surface area (TPSA) is 37.8 Å². The van der Waals surface area contributed by atoms with Crippen molar-refractivity contribution < 1.29 is 0 Å². The molecule has 0 spiro atoms. The summed E-state index contributed by atoms with van der Waals surface area (Å²) in [6.07, 6.45) is 3.52. The SMILES string of the molecule is CSc1cc(NC(C)c2ccc(Cl)cc2Cl)ncn1. The van der Waals surface area contributed by atoms with Gasteiger partial charge in [-0.3, -0.25) is 0 Å². The lowest BCUT2D eigenvalue weighted by molar-refractivity contribution is 0.867. The molecule has 1 N–H and O–H groups in total. The molecule has 19 heavy (non-hydrogen) atoms. The lowest BCUT2D eigenvalue weighted by Gasteiger charge is -2.16. The summed E-state index contributed by atoms with van der Waals surface area (Å²) in [6, 6.07) is 7.43. The van der Waals surface area contributed by atoms with Crippen molar-refractivity contribution in [3.8, 4) is 0 Å². The molecule has 0 amide bonds. The normalized spacial score (nSPS) is 12.2. The van der Waals surface area contributed by atoms with E-state index in [2.05, 4.69) is 15.3 Å². The molecule has 0 radical (unpaired) electrons. The Balaban J connectivity index is 2.17. The number of nitrogens with one attached hydrogen (secondary N) is 1. The predicted octanol–water partition coefficient (Wildman–Crippen LogP) is 4.68. The summed E-state index contributed by atoms with van der Waals surface area (Å²) in [6.45, 7) is 2.02. The van der Waals surface area contributed by atoms with Crippen LogP contribution in [0.4, 0.5) is 5.82 Å². The minimum absolute atomic E-state index is 0.0365. The van der Waals surface area contributed by atoms with Crippen LogP contribution in [0.15, 0.2) is 35.6 Å². The minimum Gasteiger partial charge on any atom is -0.363 e. The Bertz CT molecular complexity index is 578. The van der Waals surface area contributed by atoms with Crippen LogP contribution in [0.3, 0.4) is 0 Å². The van der Waals surface area contributed by atoms with Gasteiger partial charge >= 0.3 is 0 Å². The Labute approximate surface area is 126 Å². The molecule has 0 bridgehead atoms. The monoisotopic (exact) mass is 313 g/mol. The maximum absolute atomic E-state index is 6.19. The van der Waals surface area contributed by atoms with Gasteiger partial charge in [0.15, 0.2) is 0 Å². The van der Waals surface area contributed by atoms with Gasteiger partial charge in [-0.2, -0.15) is 0 Å². The maximum atomic E-state index is 6.19. The summed E-state index contributed by atoms with van der Waals surface area (Å²) >= 11 is 13.7. The van der Waals surface area contributed by atoms with E-state index in [0.29, 0.717) is 10.0 Å². The van der Waals surface area contributed by atoms with Gasteiger partial charge in [0.1, 0.15) is 17.2 Å². The summed E-state index contributed by atoms with van der Waals surface area (Å²) in [7, 11) is 0. The molecular weight excluding hydrogens is 301 g/mol. The van der Waals surface area contributed by atoms with E-state index in [1.807, 2.05) is 31.4 Å². The third kappa shape index (κ3) is 3.75. The molecule has 0 saturated heterocycles. The third-order valence-electron chi connectivity index (χ3n) is 2.64. The number of benzene rings is 1. The van der Waals surface area contributed by atoms with E-state index in [0.717, 1.165) is 16.4 Å². The van der Waals surface area contributed by atoms with Crippen molar-refractivity contribution in [2.75, 3.05) is 11.6 Å². The van der Waals surface area contributed by atoms with Crippen LogP contribution < -0.4 is 5.32 Å². The molecule has 0 aliphatic rings. The number of thioether (sulfide) groups is 1. The Hall–Kier alpha value is -0.970. The smallest absolute Gasteiger partial charge is 0.130 e. The molecule has 0 saturated carbocycles. The Kier molecular flexibility index (Phi) is 4.91. The van der Waals surface area contributed by atoms with Gasteiger partial charge in [-0.25, -0.2) is 9.97 Å². The molecule has 0 aliphatic heterocycles. The summed E-state index contributed by atoms with van der Waals surface area (Å²) in [5, 5.41) is 5.50. The van der Waals surface area contributed by atoms with Crippen molar-refractivity contribution in [3.63, 3.8) is 0 Å². The van der Waals surface area contributed by atoms with Gasteiger partial charge in [0, 0.05) is 16.1 Å². The molecule has 1 unspecified atom stereocenters. The zero-order chi connectivity index (χ0) is 13.8. The molecule has 3 nitrogen and oxygen atoms in total. The summed E-state index contributed by atoms with van der Waals surface area (Å²) in [5.74, 6) is 0.776. The first kappa shape index (κ1) is 14.4. The molecule has 2 rings (SSSR count). The number of hydrogen-bond acceptors (Lipinski definition) is 4. The fraction of sp³-hybridized carbons (Fsp3) is 0.231. The number of nitrogens with zero attached hydrogens (tertiary/aromatic N) is 2. The highest BCUT2D eigenvalue weighted by Crippen LogP contribution is 2.28. The first-order chi connectivity index (χ1) is 9.10. The number of halogens is 2. The Morgan fingerprint density at radius 3 is 2.68 bits per heavy atom. The maximum Gasteiger partial charge on any atom is 0.130 e. The standard InChI is InChI=1S/C13H13Cl2N3S/c1-8(10-4-3-9(14)5-11(10)15)18-12-6-13(19-2)17-7-16-12/h3-8H,1-2H3,(H,16,17,18).